The molecular formula is C13H18BrN5O2. The molecule has 21 heavy (non-hydrogen) atoms. The summed E-state index contributed by atoms with van der Waals surface area (Å²) in [5.41, 5.74) is 0. The van der Waals surface area contributed by atoms with Crippen LogP contribution in [0.4, 0.5) is 10.6 Å². The van der Waals surface area contributed by atoms with Crippen molar-refractivity contribution >= 4 is 27.8 Å². The number of aromatic nitrogens is 2. The van der Waals surface area contributed by atoms with E-state index in [0.717, 1.165) is 29.8 Å². The third-order valence-electron chi connectivity index (χ3n) is 4.03. The average molecular weight is 356 g/mol. The maximum absolute atomic E-state index is 12.1. The molecule has 3 rings (SSSR count). The zero-order chi connectivity index (χ0) is 14.8. The fraction of sp³-hybridized carbons (Fsp3) is 0.615. The number of anilines is 1. The minimum absolute atomic E-state index is 0.00523. The molecule has 0 aromatic carbocycles. The van der Waals surface area contributed by atoms with Gasteiger partial charge in [0, 0.05) is 32.9 Å². The lowest BCUT2D eigenvalue weighted by molar-refractivity contribution is 0.140. The molecule has 3 heterocycles. The molecule has 0 saturated carbocycles. The maximum atomic E-state index is 12.1. The Morgan fingerprint density at radius 2 is 2.43 bits per heavy atom. The SMILES string of the molecule is COCCN1C(=O)N[C@@H]2CN(c3ncncc3Br)CC[C@@H]21. The van der Waals surface area contributed by atoms with Gasteiger partial charge in [0.2, 0.25) is 0 Å². The summed E-state index contributed by atoms with van der Waals surface area (Å²) in [5, 5.41) is 3.07. The van der Waals surface area contributed by atoms with Crippen LogP contribution in [0.5, 0.6) is 0 Å². The van der Waals surface area contributed by atoms with Crippen LogP contribution in [0.2, 0.25) is 0 Å². The van der Waals surface area contributed by atoms with Gasteiger partial charge in [0.15, 0.2) is 0 Å². The first-order valence-electron chi connectivity index (χ1n) is 6.97. The van der Waals surface area contributed by atoms with E-state index in [1.165, 1.54) is 0 Å². The number of nitrogens with zero attached hydrogens (tertiary/aromatic N) is 4. The average Bonchev–Trinajstić information content (AvgIpc) is 2.80. The minimum atomic E-state index is 0.00523. The molecule has 0 radical (unpaired) electrons. The van der Waals surface area contributed by atoms with E-state index in [1.807, 2.05) is 4.90 Å². The van der Waals surface area contributed by atoms with Crippen LogP contribution in [0.3, 0.4) is 0 Å². The largest absolute Gasteiger partial charge is 0.383 e. The van der Waals surface area contributed by atoms with E-state index >= 15 is 0 Å². The molecule has 0 spiro atoms. The van der Waals surface area contributed by atoms with Crippen molar-refractivity contribution in [3.8, 4) is 0 Å². The number of halogens is 1. The Hall–Kier alpha value is -1.41. The Balaban J connectivity index is 1.70. The van der Waals surface area contributed by atoms with Gasteiger partial charge < -0.3 is 19.9 Å². The first-order chi connectivity index (χ1) is 10.2. The van der Waals surface area contributed by atoms with Crippen molar-refractivity contribution in [2.75, 3.05) is 38.3 Å². The van der Waals surface area contributed by atoms with Crippen molar-refractivity contribution in [1.29, 1.82) is 0 Å². The molecule has 2 aliphatic heterocycles. The maximum Gasteiger partial charge on any atom is 0.318 e. The quantitative estimate of drug-likeness (QED) is 0.867. The summed E-state index contributed by atoms with van der Waals surface area (Å²) in [6.07, 6.45) is 4.21. The number of piperidine rings is 1. The van der Waals surface area contributed by atoms with Gasteiger partial charge in [0.05, 0.1) is 23.2 Å². The van der Waals surface area contributed by atoms with Crippen molar-refractivity contribution in [1.82, 2.24) is 20.2 Å². The zero-order valence-electron chi connectivity index (χ0n) is 11.8. The predicted molar refractivity (Wildman–Crippen MR) is 81.3 cm³/mol. The molecular weight excluding hydrogens is 338 g/mol. The molecule has 8 heteroatoms. The highest BCUT2D eigenvalue weighted by Crippen LogP contribution is 2.28. The Morgan fingerprint density at radius 1 is 1.57 bits per heavy atom. The van der Waals surface area contributed by atoms with Crippen molar-refractivity contribution < 1.29 is 9.53 Å². The number of fused-ring (bicyclic) bond motifs is 1. The Kier molecular flexibility index (Phi) is 4.25. The molecule has 0 unspecified atom stereocenters. The van der Waals surface area contributed by atoms with Crippen LogP contribution < -0.4 is 10.2 Å². The molecule has 2 amide bonds. The smallest absolute Gasteiger partial charge is 0.318 e. The van der Waals surface area contributed by atoms with Crippen LogP contribution in [-0.2, 0) is 4.74 Å². The summed E-state index contributed by atoms with van der Waals surface area (Å²) in [6.45, 7) is 2.84. The normalized spacial score (nSPS) is 25.0. The lowest BCUT2D eigenvalue weighted by atomic mass is 10.00. The number of hydrogen-bond donors (Lipinski definition) is 1. The van der Waals surface area contributed by atoms with Crippen LogP contribution in [0, 0.1) is 0 Å². The highest BCUT2D eigenvalue weighted by Gasteiger charge is 2.42. The molecule has 2 aliphatic rings. The lowest BCUT2D eigenvalue weighted by Crippen LogP contribution is -2.52. The molecule has 2 saturated heterocycles. The number of hydrogen-bond acceptors (Lipinski definition) is 5. The van der Waals surface area contributed by atoms with Gasteiger partial charge in [-0.2, -0.15) is 0 Å². The zero-order valence-corrected chi connectivity index (χ0v) is 13.4. The van der Waals surface area contributed by atoms with Crippen molar-refractivity contribution in [2.45, 2.75) is 18.5 Å². The standard InChI is InChI=1S/C13H18BrN5O2/c1-21-5-4-19-11-2-3-18(7-10(11)17-13(19)20)12-9(14)6-15-8-16-12/h6,8,10-11H,2-5,7H2,1H3,(H,17,20)/t10-,11+/m1/s1. The van der Waals surface area contributed by atoms with Gasteiger partial charge in [-0.05, 0) is 22.4 Å². The number of nitrogens with one attached hydrogen (secondary N) is 1. The number of amides is 2. The molecule has 1 N–H and O–H groups in total. The van der Waals surface area contributed by atoms with Gasteiger partial charge in [-0.1, -0.05) is 0 Å². The van der Waals surface area contributed by atoms with Crippen LogP contribution >= 0.6 is 15.9 Å². The van der Waals surface area contributed by atoms with E-state index in [9.17, 15) is 4.79 Å². The molecule has 114 valence electrons. The fourth-order valence-electron chi connectivity index (χ4n) is 3.03. The van der Waals surface area contributed by atoms with Crippen LogP contribution in [0.25, 0.3) is 0 Å². The predicted octanol–water partition coefficient (Wildman–Crippen LogP) is 0.858. The van der Waals surface area contributed by atoms with Crippen molar-refractivity contribution in [3.05, 3.63) is 17.0 Å². The van der Waals surface area contributed by atoms with Crippen molar-refractivity contribution in [3.63, 3.8) is 0 Å². The monoisotopic (exact) mass is 355 g/mol. The van der Waals surface area contributed by atoms with E-state index in [2.05, 4.69) is 36.1 Å². The Morgan fingerprint density at radius 3 is 3.19 bits per heavy atom. The molecule has 1 aromatic rings. The van der Waals surface area contributed by atoms with E-state index in [0.29, 0.717) is 13.2 Å². The second-order valence-corrected chi connectivity index (χ2v) is 6.09. The van der Waals surface area contributed by atoms with Gasteiger partial charge in [-0.25, -0.2) is 14.8 Å². The van der Waals surface area contributed by atoms with Gasteiger partial charge >= 0.3 is 6.03 Å². The van der Waals surface area contributed by atoms with E-state index < -0.39 is 0 Å². The van der Waals surface area contributed by atoms with Crippen molar-refractivity contribution in [2.24, 2.45) is 0 Å². The summed E-state index contributed by atoms with van der Waals surface area (Å²) in [4.78, 5) is 24.5. The summed E-state index contributed by atoms with van der Waals surface area (Å²) in [7, 11) is 1.65. The minimum Gasteiger partial charge on any atom is -0.383 e. The van der Waals surface area contributed by atoms with Crippen LogP contribution in [0.1, 0.15) is 6.42 Å². The number of ether oxygens (including phenoxy) is 1. The van der Waals surface area contributed by atoms with Gasteiger partial charge in [-0.3, -0.25) is 0 Å². The fourth-order valence-corrected chi connectivity index (χ4v) is 3.51. The summed E-state index contributed by atoms with van der Waals surface area (Å²) < 4.78 is 5.96. The molecule has 2 atom stereocenters. The Labute approximate surface area is 131 Å². The number of rotatable bonds is 4. The van der Waals surface area contributed by atoms with E-state index in [1.54, 1.807) is 19.6 Å². The van der Waals surface area contributed by atoms with Gasteiger partial charge in [-0.15, -0.1) is 0 Å². The van der Waals surface area contributed by atoms with Crippen LogP contribution in [-0.4, -0.2) is 66.3 Å². The number of carbonyl (C=O) groups excluding carboxylic acids is 1. The summed E-state index contributed by atoms with van der Waals surface area (Å²) in [6, 6.07) is 0.375. The third-order valence-corrected chi connectivity index (χ3v) is 4.59. The second kappa shape index (κ2) is 6.15. The molecule has 0 bridgehead atoms. The highest BCUT2D eigenvalue weighted by molar-refractivity contribution is 9.10. The first-order valence-corrected chi connectivity index (χ1v) is 7.76. The first kappa shape index (κ1) is 14.5. The van der Waals surface area contributed by atoms with Gasteiger partial charge in [0.1, 0.15) is 12.1 Å². The Bertz CT molecular complexity index is 529. The van der Waals surface area contributed by atoms with Crippen LogP contribution in [0.15, 0.2) is 17.0 Å². The number of urea groups is 1. The lowest BCUT2D eigenvalue weighted by Gasteiger charge is -2.37. The third kappa shape index (κ3) is 2.82. The summed E-state index contributed by atoms with van der Waals surface area (Å²) >= 11 is 3.48. The molecule has 2 fully saturated rings. The van der Waals surface area contributed by atoms with E-state index in [4.69, 9.17) is 4.74 Å². The number of carbonyl (C=O) groups is 1. The number of methoxy groups -OCH3 is 1. The molecule has 7 nitrogen and oxygen atoms in total. The second-order valence-electron chi connectivity index (χ2n) is 5.24. The van der Waals surface area contributed by atoms with Gasteiger partial charge in [0.25, 0.3) is 0 Å². The van der Waals surface area contributed by atoms with E-state index in [-0.39, 0.29) is 18.1 Å². The highest BCUT2D eigenvalue weighted by atomic mass is 79.9. The topological polar surface area (TPSA) is 70.6 Å². The summed E-state index contributed by atoms with van der Waals surface area (Å²) in [5.74, 6) is 0.882. The molecule has 1 aromatic heterocycles. The molecule has 0 aliphatic carbocycles.